The lowest BCUT2D eigenvalue weighted by molar-refractivity contribution is -0.0355. The molecule has 1 N–H and O–H groups in total. The van der Waals surface area contributed by atoms with Gasteiger partial charge < -0.3 is 5.11 Å². The molecule has 2 heteroatoms. The van der Waals surface area contributed by atoms with Gasteiger partial charge in [0.15, 0.2) is 0 Å². The standard InChI is InChI=1S/C16H25NO/c1-2-16(9-4-10-16)15(18)6-3-5-13-7-8-14(11-13)12-17/h3,5,13-15,18H,2,4,6-11H2,1H3/b5-3+/t13-,14+,15?/m0/s1. The predicted octanol–water partition coefficient (Wildman–Crippen LogP) is 3.81. The second kappa shape index (κ2) is 5.89. The van der Waals surface area contributed by atoms with Gasteiger partial charge in [0.1, 0.15) is 0 Å². The van der Waals surface area contributed by atoms with Gasteiger partial charge in [-0.3, -0.25) is 0 Å². The second-order valence-corrected chi connectivity index (χ2v) is 6.15. The minimum Gasteiger partial charge on any atom is -0.392 e. The molecule has 0 aliphatic heterocycles. The Balaban J connectivity index is 1.76. The maximum absolute atomic E-state index is 10.3. The Morgan fingerprint density at radius 3 is 2.72 bits per heavy atom. The molecule has 0 aromatic carbocycles. The maximum Gasteiger partial charge on any atom is 0.0656 e. The lowest BCUT2D eigenvalue weighted by atomic mass is 9.63. The third-order valence-corrected chi connectivity index (χ3v) is 5.18. The van der Waals surface area contributed by atoms with E-state index in [1.165, 1.54) is 19.3 Å². The lowest BCUT2D eigenvalue weighted by Gasteiger charge is -2.45. The highest BCUT2D eigenvalue weighted by molar-refractivity contribution is 5.01. The van der Waals surface area contributed by atoms with Crippen LogP contribution >= 0.6 is 0 Å². The molecule has 2 rings (SSSR count). The molecule has 0 bridgehead atoms. The molecule has 2 aliphatic carbocycles. The van der Waals surface area contributed by atoms with Gasteiger partial charge in [-0.25, -0.2) is 0 Å². The van der Waals surface area contributed by atoms with Crippen molar-refractivity contribution in [3.8, 4) is 6.07 Å². The van der Waals surface area contributed by atoms with Crippen molar-refractivity contribution in [1.82, 2.24) is 0 Å². The number of aliphatic hydroxyl groups is 1. The highest BCUT2D eigenvalue weighted by Crippen LogP contribution is 2.47. The van der Waals surface area contributed by atoms with E-state index in [1.807, 2.05) is 0 Å². The quantitative estimate of drug-likeness (QED) is 0.751. The number of rotatable bonds is 5. The molecule has 0 heterocycles. The molecule has 2 saturated carbocycles. The normalized spacial score (nSPS) is 32.1. The van der Waals surface area contributed by atoms with Crippen molar-refractivity contribution >= 4 is 0 Å². The minimum atomic E-state index is -0.166. The molecule has 0 aromatic heterocycles. The van der Waals surface area contributed by atoms with E-state index >= 15 is 0 Å². The van der Waals surface area contributed by atoms with Gasteiger partial charge >= 0.3 is 0 Å². The van der Waals surface area contributed by atoms with Crippen LogP contribution in [-0.4, -0.2) is 11.2 Å². The fourth-order valence-corrected chi connectivity index (χ4v) is 3.51. The second-order valence-electron chi connectivity index (χ2n) is 6.15. The zero-order chi connectivity index (χ0) is 13.0. The Morgan fingerprint density at radius 2 is 2.22 bits per heavy atom. The smallest absolute Gasteiger partial charge is 0.0656 e. The summed E-state index contributed by atoms with van der Waals surface area (Å²) >= 11 is 0. The van der Waals surface area contributed by atoms with Gasteiger partial charge in [0, 0.05) is 5.92 Å². The van der Waals surface area contributed by atoms with Crippen LogP contribution < -0.4 is 0 Å². The van der Waals surface area contributed by atoms with E-state index in [2.05, 4.69) is 25.1 Å². The van der Waals surface area contributed by atoms with Crippen LogP contribution in [0, 0.1) is 28.6 Å². The fourth-order valence-electron chi connectivity index (χ4n) is 3.51. The summed E-state index contributed by atoms with van der Waals surface area (Å²) in [5.41, 5.74) is 0.217. The molecule has 0 radical (unpaired) electrons. The first-order chi connectivity index (χ1) is 8.70. The molecule has 3 atom stereocenters. The molecule has 2 nitrogen and oxygen atoms in total. The fraction of sp³-hybridized carbons (Fsp3) is 0.812. The van der Waals surface area contributed by atoms with Crippen LogP contribution in [0.5, 0.6) is 0 Å². The average molecular weight is 247 g/mol. The van der Waals surface area contributed by atoms with Crippen molar-refractivity contribution in [2.75, 3.05) is 0 Å². The Bertz CT molecular complexity index is 332. The summed E-state index contributed by atoms with van der Waals surface area (Å²) in [7, 11) is 0. The molecule has 0 amide bonds. The van der Waals surface area contributed by atoms with Crippen molar-refractivity contribution in [2.24, 2.45) is 17.3 Å². The van der Waals surface area contributed by atoms with Gasteiger partial charge in [-0.2, -0.15) is 5.26 Å². The Morgan fingerprint density at radius 1 is 1.44 bits per heavy atom. The predicted molar refractivity (Wildman–Crippen MR) is 72.8 cm³/mol. The van der Waals surface area contributed by atoms with Gasteiger partial charge in [-0.15, -0.1) is 0 Å². The average Bonchev–Trinajstić information content (AvgIpc) is 2.76. The number of aliphatic hydroxyl groups excluding tert-OH is 1. The molecule has 1 unspecified atom stereocenters. The number of nitriles is 1. The van der Waals surface area contributed by atoms with Crippen LogP contribution in [0.4, 0.5) is 0 Å². The van der Waals surface area contributed by atoms with Crippen molar-refractivity contribution < 1.29 is 5.11 Å². The van der Waals surface area contributed by atoms with Crippen LogP contribution in [0.3, 0.4) is 0 Å². The SMILES string of the molecule is CCC1(C(O)C/C=C/[C@H]2CC[C@@H](C#N)C2)CCC1. The lowest BCUT2D eigenvalue weighted by Crippen LogP contribution is -2.40. The van der Waals surface area contributed by atoms with E-state index < -0.39 is 0 Å². The topological polar surface area (TPSA) is 44.0 Å². The van der Waals surface area contributed by atoms with Crippen LogP contribution in [0.1, 0.15) is 58.3 Å². The summed E-state index contributed by atoms with van der Waals surface area (Å²) in [4.78, 5) is 0. The summed E-state index contributed by atoms with van der Waals surface area (Å²) in [5.74, 6) is 0.832. The molecule has 2 aliphatic rings. The molecular formula is C16H25NO. The molecule has 18 heavy (non-hydrogen) atoms. The zero-order valence-electron chi connectivity index (χ0n) is 11.4. The van der Waals surface area contributed by atoms with Gasteiger partial charge in [0.05, 0.1) is 12.2 Å². The number of allylic oxidation sites excluding steroid dienone is 1. The van der Waals surface area contributed by atoms with Crippen molar-refractivity contribution in [1.29, 1.82) is 5.26 Å². The van der Waals surface area contributed by atoms with Crippen LogP contribution in [0.2, 0.25) is 0 Å². The summed E-state index contributed by atoms with van der Waals surface area (Å²) in [6.07, 6.45) is 13.0. The van der Waals surface area contributed by atoms with Crippen LogP contribution in [-0.2, 0) is 0 Å². The highest BCUT2D eigenvalue weighted by Gasteiger charge is 2.40. The number of nitrogens with zero attached hydrogens (tertiary/aromatic N) is 1. The van der Waals surface area contributed by atoms with Crippen LogP contribution in [0.15, 0.2) is 12.2 Å². The summed E-state index contributed by atoms with van der Waals surface area (Å²) in [5, 5.41) is 19.1. The Kier molecular flexibility index (Phi) is 4.45. The maximum atomic E-state index is 10.3. The van der Waals surface area contributed by atoms with Crippen molar-refractivity contribution in [3.63, 3.8) is 0 Å². The molecule has 100 valence electrons. The molecule has 0 aromatic rings. The van der Waals surface area contributed by atoms with Gasteiger partial charge in [-0.05, 0) is 56.3 Å². The van der Waals surface area contributed by atoms with E-state index in [-0.39, 0.29) is 17.4 Å². The first-order valence-corrected chi connectivity index (χ1v) is 7.44. The molecule has 2 fully saturated rings. The van der Waals surface area contributed by atoms with Gasteiger partial charge in [0.25, 0.3) is 0 Å². The third-order valence-electron chi connectivity index (χ3n) is 5.18. The molecule has 0 saturated heterocycles. The Labute approximate surface area is 111 Å². The third kappa shape index (κ3) is 2.78. The van der Waals surface area contributed by atoms with Crippen molar-refractivity contribution in [3.05, 3.63) is 12.2 Å². The van der Waals surface area contributed by atoms with E-state index in [4.69, 9.17) is 5.26 Å². The van der Waals surface area contributed by atoms with E-state index in [9.17, 15) is 5.11 Å². The van der Waals surface area contributed by atoms with E-state index in [0.717, 1.165) is 32.1 Å². The highest BCUT2D eigenvalue weighted by atomic mass is 16.3. The summed E-state index contributed by atoms with van der Waals surface area (Å²) < 4.78 is 0. The van der Waals surface area contributed by atoms with E-state index in [1.54, 1.807) is 0 Å². The molecule has 0 spiro atoms. The van der Waals surface area contributed by atoms with E-state index in [0.29, 0.717) is 5.92 Å². The Hall–Kier alpha value is -0.810. The number of hydrogen-bond acceptors (Lipinski definition) is 2. The summed E-state index contributed by atoms with van der Waals surface area (Å²) in [6.45, 7) is 2.20. The van der Waals surface area contributed by atoms with Gasteiger partial charge in [0.2, 0.25) is 0 Å². The summed E-state index contributed by atoms with van der Waals surface area (Å²) in [6, 6.07) is 2.36. The first-order valence-electron chi connectivity index (χ1n) is 7.44. The zero-order valence-corrected chi connectivity index (χ0v) is 11.4. The monoisotopic (exact) mass is 247 g/mol. The van der Waals surface area contributed by atoms with Crippen LogP contribution in [0.25, 0.3) is 0 Å². The van der Waals surface area contributed by atoms with Gasteiger partial charge in [-0.1, -0.05) is 25.5 Å². The molecular weight excluding hydrogens is 222 g/mol. The largest absolute Gasteiger partial charge is 0.392 e. The number of hydrogen-bond donors (Lipinski definition) is 1. The minimum absolute atomic E-state index is 0.166. The van der Waals surface area contributed by atoms with Crippen molar-refractivity contribution in [2.45, 2.75) is 64.4 Å². The first kappa shape index (κ1) is 13.6.